The Morgan fingerprint density at radius 3 is 2.65 bits per heavy atom. The van der Waals surface area contributed by atoms with Crippen LogP contribution in [0.5, 0.6) is 0 Å². The van der Waals surface area contributed by atoms with Gasteiger partial charge in [0.25, 0.3) is 0 Å². The molecule has 1 aliphatic carbocycles. The Kier molecular flexibility index (Phi) is 3.83. The van der Waals surface area contributed by atoms with Crippen LogP contribution in [0.15, 0.2) is 48.8 Å². The molecule has 0 unspecified atom stereocenters. The lowest BCUT2D eigenvalue weighted by molar-refractivity contribution is 0.270. The van der Waals surface area contributed by atoms with E-state index in [1.54, 1.807) is 0 Å². The van der Waals surface area contributed by atoms with Crippen LogP contribution >= 0.6 is 0 Å². The van der Waals surface area contributed by atoms with Crippen LogP contribution in [0.25, 0.3) is 0 Å². The molecule has 20 heavy (non-hydrogen) atoms. The van der Waals surface area contributed by atoms with Gasteiger partial charge in [0.2, 0.25) is 0 Å². The minimum absolute atomic E-state index is 0.381. The summed E-state index contributed by atoms with van der Waals surface area (Å²) >= 11 is 0. The number of nitrogens with zero attached hydrogens (tertiary/aromatic N) is 1. The number of aryl methyl sites for hydroxylation is 1. The molecule has 1 aromatic carbocycles. The first-order valence-corrected chi connectivity index (χ1v) is 7.45. The number of hydrogen-bond donors (Lipinski definition) is 1. The maximum atomic E-state index is 4.19. The summed E-state index contributed by atoms with van der Waals surface area (Å²) in [4.78, 5) is 4.19. The first-order chi connectivity index (χ1) is 9.74. The van der Waals surface area contributed by atoms with Crippen molar-refractivity contribution < 1.29 is 0 Å². The van der Waals surface area contributed by atoms with E-state index in [9.17, 15) is 0 Å². The molecule has 0 bridgehead atoms. The van der Waals surface area contributed by atoms with Crippen molar-refractivity contribution in [3.05, 3.63) is 65.5 Å². The number of benzene rings is 1. The monoisotopic (exact) mass is 266 g/mol. The van der Waals surface area contributed by atoms with Gasteiger partial charge < -0.3 is 5.32 Å². The molecule has 104 valence electrons. The Hall–Kier alpha value is -1.67. The van der Waals surface area contributed by atoms with Crippen LogP contribution in [0.2, 0.25) is 0 Å². The van der Waals surface area contributed by atoms with Crippen LogP contribution in [0.3, 0.4) is 0 Å². The SMILES string of the molecule is Cc1ccccc1C1CC(N[C@@H](C)c2cccnc2)C1. The van der Waals surface area contributed by atoms with Crippen molar-refractivity contribution in [2.75, 3.05) is 0 Å². The van der Waals surface area contributed by atoms with E-state index in [1.165, 1.54) is 29.5 Å². The van der Waals surface area contributed by atoms with Crippen LogP contribution < -0.4 is 5.32 Å². The van der Waals surface area contributed by atoms with Crippen molar-refractivity contribution in [3.8, 4) is 0 Å². The van der Waals surface area contributed by atoms with Gasteiger partial charge in [0.1, 0.15) is 0 Å². The van der Waals surface area contributed by atoms with Crippen LogP contribution in [0.4, 0.5) is 0 Å². The number of hydrogen-bond acceptors (Lipinski definition) is 2. The van der Waals surface area contributed by atoms with Crippen molar-refractivity contribution in [3.63, 3.8) is 0 Å². The Labute approximate surface area is 121 Å². The molecule has 2 heteroatoms. The van der Waals surface area contributed by atoms with Gasteiger partial charge in [-0.15, -0.1) is 0 Å². The highest BCUT2D eigenvalue weighted by Gasteiger charge is 2.31. The Balaban J connectivity index is 1.55. The maximum Gasteiger partial charge on any atom is 0.0315 e. The molecule has 1 heterocycles. The molecule has 2 nitrogen and oxygen atoms in total. The van der Waals surface area contributed by atoms with Gasteiger partial charge >= 0.3 is 0 Å². The summed E-state index contributed by atoms with van der Waals surface area (Å²) in [5.41, 5.74) is 4.22. The second kappa shape index (κ2) is 5.76. The Bertz CT molecular complexity index is 559. The molecule has 1 saturated carbocycles. The summed E-state index contributed by atoms with van der Waals surface area (Å²) in [5, 5.41) is 3.71. The van der Waals surface area contributed by atoms with Crippen LogP contribution in [0, 0.1) is 6.92 Å². The average Bonchev–Trinajstić information content (AvgIpc) is 2.44. The largest absolute Gasteiger partial charge is 0.307 e. The van der Waals surface area contributed by atoms with Gasteiger partial charge in [0.15, 0.2) is 0 Å². The zero-order valence-electron chi connectivity index (χ0n) is 12.2. The first kappa shape index (κ1) is 13.3. The molecule has 0 radical (unpaired) electrons. The average molecular weight is 266 g/mol. The van der Waals surface area contributed by atoms with Gasteiger partial charge in [-0.25, -0.2) is 0 Å². The number of aromatic nitrogens is 1. The fourth-order valence-electron chi connectivity index (χ4n) is 3.13. The van der Waals surface area contributed by atoms with Crippen LogP contribution in [0.1, 0.15) is 48.4 Å². The predicted molar refractivity (Wildman–Crippen MR) is 82.7 cm³/mol. The lowest BCUT2D eigenvalue weighted by atomic mass is 9.74. The number of pyridine rings is 1. The normalized spacial score (nSPS) is 23.1. The van der Waals surface area contributed by atoms with E-state index in [4.69, 9.17) is 0 Å². The van der Waals surface area contributed by atoms with E-state index in [2.05, 4.69) is 54.5 Å². The lowest BCUT2D eigenvalue weighted by Gasteiger charge is -2.38. The molecular weight excluding hydrogens is 244 g/mol. The molecule has 1 fully saturated rings. The second-order valence-electron chi connectivity index (χ2n) is 5.90. The topological polar surface area (TPSA) is 24.9 Å². The summed E-state index contributed by atoms with van der Waals surface area (Å²) in [5.74, 6) is 0.731. The Morgan fingerprint density at radius 2 is 1.95 bits per heavy atom. The minimum Gasteiger partial charge on any atom is -0.307 e. The van der Waals surface area contributed by atoms with Gasteiger partial charge in [-0.2, -0.15) is 0 Å². The summed E-state index contributed by atoms with van der Waals surface area (Å²) in [6.45, 7) is 4.44. The van der Waals surface area contributed by atoms with Crippen molar-refractivity contribution in [2.24, 2.45) is 0 Å². The smallest absolute Gasteiger partial charge is 0.0315 e. The van der Waals surface area contributed by atoms with E-state index in [0.29, 0.717) is 12.1 Å². The van der Waals surface area contributed by atoms with Crippen LogP contribution in [-0.4, -0.2) is 11.0 Å². The van der Waals surface area contributed by atoms with E-state index >= 15 is 0 Å². The van der Waals surface area contributed by atoms with Gasteiger partial charge in [-0.05, 0) is 55.4 Å². The zero-order chi connectivity index (χ0) is 13.9. The van der Waals surface area contributed by atoms with E-state index in [0.717, 1.165) is 5.92 Å². The third-order valence-electron chi connectivity index (χ3n) is 4.44. The van der Waals surface area contributed by atoms with Crippen molar-refractivity contribution in [1.29, 1.82) is 0 Å². The summed E-state index contributed by atoms with van der Waals surface area (Å²) < 4.78 is 0. The molecule has 1 aromatic heterocycles. The number of nitrogens with one attached hydrogen (secondary N) is 1. The summed E-state index contributed by atoms with van der Waals surface area (Å²) in [6, 6.07) is 13.9. The van der Waals surface area contributed by atoms with Crippen LogP contribution in [-0.2, 0) is 0 Å². The molecule has 1 N–H and O–H groups in total. The van der Waals surface area contributed by atoms with Crippen molar-refractivity contribution in [2.45, 2.75) is 44.7 Å². The molecule has 3 rings (SSSR count). The standard InChI is InChI=1S/C18H22N2/c1-13-6-3-4-8-18(13)16-10-17(11-16)20-14(2)15-7-5-9-19-12-15/h3-9,12,14,16-17,20H,10-11H2,1-2H3/t14-,16?,17?/m0/s1. The maximum absolute atomic E-state index is 4.19. The minimum atomic E-state index is 0.381. The fraction of sp³-hybridized carbons (Fsp3) is 0.389. The second-order valence-corrected chi connectivity index (χ2v) is 5.90. The van der Waals surface area contributed by atoms with Gasteiger partial charge in [0.05, 0.1) is 0 Å². The Morgan fingerprint density at radius 1 is 1.15 bits per heavy atom. The molecule has 1 atom stereocenters. The fourth-order valence-corrected chi connectivity index (χ4v) is 3.13. The molecule has 0 aliphatic heterocycles. The van der Waals surface area contributed by atoms with Gasteiger partial charge in [-0.1, -0.05) is 30.3 Å². The van der Waals surface area contributed by atoms with E-state index in [1.807, 2.05) is 18.5 Å². The molecule has 1 aliphatic rings. The molecule has 0 saturated heterocycles. The van der Waals surface area contributed by atoms with Crippen molar-refractivity contribution in [1.82, 2.24) is 10.3 Å². The quantitative estimate of drug-likeness (QED) is 0.905. The predicted octanol–water partition coefficient (Wildman–Crippen LogP) is 3.99. The van der Waals surface area contributed by atoms with E-state index in [-0.39, 0.29) is 0 Å². The molecule has 0 spiro atoms. The highest BCUT2D eigenvalue weighted by molar-refractivity contribution is 5.31. The molecular formula is C18H22N2. The highest BCUT2D eigenvalue weighted by atomic mass is 15.0. The van der Waals surface area contributed by atoms with Crippen molar-refractivity contribution >= 4 is 0 Å². The third kappa shape index (κ3) is 2.75. The zero-order valence-corrected chi connectivity index (χ0v) is 12.2. The summed E-state index contributed by atoms with van der Waals surface area (Å²) in [6.07, 6.45) is 6.27. The summed E-state index contributed by atoms with van der Waals surface area (Å²) in [7, 11) is 0. The van der Waals surface area contributed by atoms with Gasteiger partial charge in [-0.3, -0.25) is 4.98 Å². The first-order valence-electron chi connectivity index (χ1n) is 7.45. The number of rotatable bonds is 4. The molecule has 0 amide bonds. The molecule has 2 aromatic rings. The third-order valence-corrected chi connectivity index (χ3v) is 4.44. The van der Waals surface area contributed by atoms with E-state index < -0.39 is 0 Å². The highest BCUT2D eigenvalue weighted by Crippen LogP contribution is 2.39. The lowest BCUT2D eigenvalue weighted by Crippen LogP contribution is -2.41. The van der Waals surface area contributed by atoms with Gasteiger partial charge in [0, 0.05) is 24.5 Å².